The Balaban J connectivity index is 1.85. The Labute approximate surface area is 149 Å². The number of aryl methyl sites for hydroxylation is 1. The van der Waals surface area contributed by atoms with E-state index in [-0.39, 0.29) is 17.9 Å². The van der Waals surface area contributed by atoms with Crippen LogP contribution in [0, 0.1) is 12.3 Å². The standard InChI is InChI=1S/C20H28N2O3/c1-14-6-8-15(9-7-14)16-12-21-17(23)20(16)10-5-11-22(13-20)18(24)25-19(2,3)4/h6-9,16H,5,10-13H2,1-4H3,(H,21,23). The van der Waals surface area contributed by atoms with Gasteiger partial charge in [-0.1, -0.05) is 29.8 Å². The number of piperidine rings is 1. The summed E-state index contributed by atoms with van der Waals surface area (Å²) in [7, 11) is 0. The van der Waals surface area contributed by atoms with Crippen LogP contribution in [-0.4, -0.2) is 42.1 Å². The monoisotopic (exact) mass is 344 g/mol. The number of carbonyl (C=O) groups is 2. The highest BCUT2D eigenvalue weighted by Gasteiger charge is 2.53. The number of hydrogen-bond acceptors (Lipinski definition) is 3. The van der Waals surface area contributed by atoms with Crippen LogP contribution in [0.25, 0.3) is 0 Å². The Kier molecular flexibility index (Phi) is 4.52. The first-order valence-electron chi connectivity index (χ1n) is 9.04. The molecule has 2 heterocycles. The summed E-state index contributed by atoms with van der Waals surface area (Å²) in [5.41, 5.74) is 1.28. The van der Waals surface area contributed by atoms with Crippen molar-refractivity contribution in [1.82, 2.24) is 10.2 Å². The summed E-state index contributed by atoms with van der Waals surface area (Å²) in [5.74, 6) is 0.150. The number of hydrogen-bond donors (Lipinski definition) is 1. The van der Waals surface area contributed by atoms with E-state index in [1.165, 1.54) is 5.56 Å². The molecule has 25 heavy (non-hydrogen) atoms. The van der Waals surface area contributed by atoms with Crippen molar-refractivity contribution in [3.05, 3.63) is 35.4 Å². The van der Waals surface area contributed by atoms with E-state index in [1.807, 2.05) is 20.8 Å². The molecule has 136 valence electrons. The largest absolute Gasteiger partial charge is 0.444 e. The molecule has 2 saturated heterocycles. The van der Waals surface area contributed by atoms with Crippen LogP contribution >= 0.6 is 0 Å². The van der Waals surface area contributed by atoms with Crippen LogP contribution in [0.4, 0.5) is 4.79 Å². The highest BCUT2D eigenvalue weighted by Crippen LogP contribution is 2.46. The van der Waals surface area contributed by atoms with Gasteiger partial charge in [-0.2, -0.15) is 0 Å². The number of benzene rings is 1. The molecular formula is C20H28N2O3. The molecule has 5 heteroatoms. The molecule has 2 amide bonds. The molecule has 0 aromatic heterocycles. The van der Waals surface area contributed by atoms with Gasteiger partial charge in [0.25, 0.3) is 0 Å². The first kappa shape index (κ1) is 17.8. The number of nitrogens with one attached hydrogen (secondary N) is 1. The van der Waals surface area contributed by atoms with Gasteiger partial charge in [0.1, 0.15) is 5.60 Å². The van der Waals surface area contributed by atoms with Gasteiger partial charge in [-0.15, -0.1) is 0 Å². The van der Waals surface area contributed by atoms with Gasteiger partial charge in [0, 0.05) is 25.6 Å². The molecule has 0 aliphatic carbocycles. The van der Waals surface area contributed by atoms with E-state index < -0.39 is 11.0 Å². The van der Waals surface area contributed by atoms with Crippen LogP contribution in [0.3, 0.4) is 0 Å². The lowest BCUT2D eigenvalue weighted by atomic mass is 9.69. The fourth-order valence-electron chi connectivity index (χ4n) is 4.00. The summed E-state index contributed by atoms with van der Waals surface area (Å²) in [6.45, 7) is 9.34. The van der Waals surface area contributed by atoms with Gasteiger partial charge in [0.2, 0.25) is 5.91 Å². The molecule has 0 bridgehead atoms. The first-order chi connectivity index (χ1) is 11.7. The topological polar surface area (TPSA) is 58.6 Å². The molecule has 0 saturated carbocycles. The molecule has 2 aliphatic rings. The van der Waals surface area contributed by atoms with E-state index >= 15 is 0 Å². The van der Waals surface area contributed by atoms with Crippen LogP contribution in [0.15, 0.2) is 24.3 Å². The van der Waals surface area contributed by atoms with Gasteiger partial charge in [0.05, 0.1) is 5.41 Å². The summed E-state index contributed by atoms with van der Waals surface area (Å²) in [6.07, 6.45) is 1.29. The number of ether oxygens (including phenoxy) is 1. The molecule has 2 atom stereocenters. The van der Waals surface area contributed by atoms with Crippen molar-refractivity contribution in [2.45, 2.75) is 52.1 Å². The summed E-state index contributed by atoms with van der Waals surface area (Å²) >= 11 is 0. The average molecular weight is 344 g/mol. The second kappa shape index (κ2) is 6.36. The van der Waals surface area contributed by atoms with Crippen molar-refractivity contribution in [2.24, 2.45) is 5.41 Å². The Morgan fingerprint density at radius 3 is 2.60 bits per heavy atom. The Bertz CT molecular complexity index is 663. The lowest BCUT2D eigenvalue weighted by Crippen LogP contribution is -2.52. The number of carbonyl (C=O) groups excluding carboxylic acids is 2. The third kappa shape index (κ3) is 3.51. The average Bonchev–Trinajstić information content (AvgIpc) is 2.83. The van der Waals surface area contributed by atoms with Gasteiger partial charge >= 0.3 is 6.09 Å². The van der Waals surface area contributed by atoms with Crippen molar-refractivity contribution < 1.29 is 14.3 Å². The van der Waals surface area contributed by atoms with Crippen molar-refractivity contribution in [1.29, 1.82) is 0 Å². The van der Waals surface area contributed by atoms with E-state index in [1.54, 1.807) is 4.90 Å². The highest BCUT2D eigenvalue weighted by atomic mass is 16.6. The maximum Gasteiger partial charge on any atom is 0.410 e. The van der Waals surface area contributed by atoms with Gasteiger partial charge < -0.3 is 15.0 Å². The normalized spacial score (nSPS) is 26.6. The minimum absolute atomic E-state index is 0.0614. The number of nitrogens with zero attached hydrogens (tertiary/aromatic N) is 1. The summed E-state index contributed by atoms with van der Waals surface area (Å²) < 4.78 is 5.53. The van der Waals surface area contributed by atoms with Crippen LogP contribution in [0.5, 0.6) is 0 Å². The van der Waals surface area contributed by atoms with E-state index in [0.717, 1.165) is 18.4 Å². The van der Waals surface area contributed by atoms with Crippen LogP contribution < -0.4 is 5.32 Å². The zero-order valence-corrected chi connectivity index (χ0v) is 15.6. The van der Waals surface area contributed by atoms with Crippen molar-refractivity contribution in [2.75, 3.05) is 19.6 Å². The van der Waals surface area contributed by atoms with Crippen molar-refractivity contribution >= 4 is 12.0 Å². The molecule has 1 aromatic carbocycles. The van der Waals surface area contributed by atoms with Crippen LogP contribution in [0.1, 0.15) is 50.7 Å². The lowest BCUT2D eigenvalue weighted by molar-refractivity contribution is -0.130. The van der Waals surface area contributed by atoms with Crippen LogP contribution in [-0.2, 0) is 9.53 Å². The quantitative estimate of drug-likeness (QED) is 0.851. The first-order valence-corrected chi connectivity index (χ1v) is 9.04. The zero-order chi connectivity index (χ0) is 18.2. The Morgan fingerprint density at radius 1 is 1.28 bits per heavy atom. The second-order valence-electron chi connectivity index (χ2n) is 8.33. The summed E-state index contributed by atoms with van der Waals surface area (Å²) in [4.78, 5) is 27.0. The minimum Gasteiger partial charge on any atom is -0.444 e. The number of amides is 2. The molecule has 2 unspecified atom stereocenters. The summed E-state index contributed by atoms with van der Waals surface area (Å²) in [6, 6.07) is 8.38. The maximum atomic E-state index is 12.8. The number of rotatable bonds is 1. The predicted octanol–water partition coefficient (Wildman–Crippen LogP) is 3.23. The smallest absolute Gasteiger partial charge is 0.410 e. The fraction of sp³-hybridized carbons (Fsp3) is 0.600. The highest BCUT2D eigenvalue weighted by molar-refractivity contribution is 5.87. The lowest BCUT2D eigenvalue weighted by Gasteiger charge is -2.42. The zero-order valence-electron chi connectivity index (χ0n) is 15.6. The SMILES string of the molecule is Cc1ccc(C2CNC(=O)C23CCCN(C(=O)OC(C)(C)C)C3)cc1. The fourth-order valence-corrected chi connectivity index (χ4v) is 4.00. The maximum absolute atomic E-state index is 12.8. The second-order valence-corrected chi connectivity index (χ2v) is 8.33. The molecule has 1 aromatic rings. The Morgan fingerprint density at radius 2 is 1.96 bits per heavy atom. The molecule has 1 N–H and O–H groups in total. The molecular weight excluding hydrogens is 316 g/mol. The molecule has 1 spiro atoms. The van der Waals surface area contributed by atoms with E-state index in [2.05, 4.69) is 36.5 Å². The van der Waals surface area contributed by atoms with Crippen LogP contribution in [0.2, 0.25) is 0 Å². The van der Waals surface area contributed by atoms with E-state index in [0.29, 0.717) is 19.6 Å². The number of likely N-dealkylation sites (tertiary alicyclic amines) is 1. The molecule has 0 radical (unpaired) electrons. The third-order valence-corrected chi connectivity index (χ3v) is 5.24. The molecule has 2 fully saturated rings. The van der Waals surface area contributed by atoms with E-state index in [4.69, 9.17) is 4.74 Å². The molecule has 2 aliphatic heterocycles. The molecule has 3 rings (SSSR count). The van der Waals surface area contributed by atoms with Gasteiger partial charge in [-0.25, -0.2) is 4.79 Å². The minimum atomic E-state index is -0.551. The van der Waals surface area contributed by atoms with Gasteiger partial charge in [0.15, 0.2) is 0 Å². The van der Waals surface area contributed by atoms with Gasteiger partial charge in [-0.05, 0) is 46.1 Å². The van der Waals surface area contributed by atoms with E-state index in [9.17, 15) is 9.59 Å². The predicted molar refractivity (Wildman–Crippen MR) is 96.4 cm³/mol. The Hall–Kier alpha value is -2.04. The van der Waals surface area contributed by atoms with Gasteiger partial charge in [-0.3, -0.25) is 4.79 Å². The van der Waals surface area contributed by atoms with Crippen molar-refractivity contribution in [3.8, 4) is 0 Å². The molecule has 5 nitrogen and oxygen atoms in total. The summed E-state index contributed by atoms with van der Waals surface area (Å²) in [5, 5.41) is 3.03. The third-order valence-electron chi connectivity index (χ3n) is 5.24. The van der Waals surface area contributed by atoms with Crippen molar-refractivity contribution in [3.63, 3.8) is 0 Å².